The van der Waals surface area contributed by atoms with Crippen LogP contribution in [0.1, 0.15) is 31.1 Å². The molecule has 1 aliphatic heterocycles. The number of hydrogen-bond acceptors (Lipinski definition) is 6. The third-order valence-corrected chi connectivity index (χ3v) is 6.74. The minimum absolute atomic E-state index is 0.0656. The molecule has 1 aliphatic carbocycles. The Bertz CT molecular complexity index is 1000. The topological polar surface area (TPSA) is 86.3 Å². The SMILES string of the molecule is CO[C@@H]1C[C@H]2CN(C(=O)CCc3ccno3)C[C@H]2C[C@H]1n1cc(-c2ccccc2)nn1. The van der Waals surface area contributed by atoms with Gasteiger partial charge in [-0.05, 0) is 24.7 Å². The molecule has 1 saturated carbocycles. The predicted molar refractivity (Wildman–Crippen MR) is 113 cm³/mol. The van der Waals surface area contributed by atoms with Crippen LogP contribution in [-0.4, -0.2) is 57.3 Å². The highest BCUT2D eigenvalue weighted by atomic mass is 16.5. The van der Waals surface area contributed by atoms with Crippen molar-refractivity contribution in [3.8, 4) is 11.3 Å². The van der Waals surface area contributed by atoms with Crippen molar-refractivity contribution in [2.45, 2.75) is 37.8 Å². The van der Waals surface area contributed by atoms with Gasteiger partial charge < -0.3 is 14.2 Å². The summed E-state index contributed by atoms with van der Waals surface area (Å²) in [6, 6.07) is 12.0. The van der Waals surface area contributed by atoms with Crippen molar-refractivity contribution in [2.75, 3.05) is 20.2 Å². The molecule has 31 heavy (non-hydrogen) atoms. The number of nitrogens with zero attached hydrogens (tertiary/aromatic N) is 5. The molecule has 0 unspecified atom stereocenters. The van der Waals surface area contributed by atoms with Crippen LogP contribution in [0.5, 0.6) is 0 Å². The zero-order valence-corrected chi connectivity index (χ0v) is 17.6. The molecule has 8 heteroatoms. The van der Waals surface area contributed by atoms with E-state index in [0.29, 0.717) is 24.7 Å². The summed E-state index contributed by atoms with van der Waals surface area (Å²) in [6.45, 7) is 1.60. The maximum atomic E-state index is 12.8. The normalized spacial score (nSPS) is 25.5. The summed E-state index contributed by atoms with van der Waals surface area (Å²) in [7, 11) is 1.77. The van der Waals surface area contributed by atoms with Crippen molar-refractivity contribution in [1.82, 2.24) is 25.1 Å². The predicted octanol–water partition coefficient (Wildman–Crippen LogP) is 2.99. The van der Waals surface area contributed by atoms with Crippen molar-refractivity contribution < 1.29 is 14.1 Å². The van der Waals surface area contributed by atoms with Crippen LogP contribution >= 0.6 is 0 Å². The number of aromatic nitrogens is 4. The summed E-state index contributed by atoms with van der Waals surface area (Å²) in [6.07, 6.45) is 6.61. The number of benzene rings is 1. The fourth-order valence-electron chi connectivity index (χ4n) is 5.06. The van der Waals surface area contributed by atoms with Crippen molar-refractivity contribution in [2.24, 2.45) is 11.8 Å². The van der Waals surface area contributed by atoms with Crippen LogP contribution in [0, 0.1) is 11.8 Å². The molecule has 2 fully saturated rings. The summed E-state index contributed by atoms with van der Waals surface area (Å²) in [5.41, 5.74) is 1.93. The third-order valence-electron chi connectivity index (χ3n) is 6.74. The van der Waals surface area contributed by atoms with E-state index < -0.39 is 0 Å². The number of carbonyl (C=O) groups excluding carboxylic acids is 1. The number of likely N-dealkylation sites (tertiary alicyclic amines) is 1. The van der Waals surface area contributed by atoms with E-state index >= 15 is 0 Å². The minimum Gasteiger partial charge on any atom is -0.379 e. The molecule has 3 aromatic rings. The fraction of sp³-hybridized carbons (Fsp3) is 0.478. The second-order valence-corrected chi connectivity index (χ2v) is 8.56. The number of fused-ring (bicyclic) bond motifs is 1. The van der Waals surface area contributed by atoms with Crippen LogP contribution in [0.15, 0.2) is 53.3 Å². The van der Waals surface area contributed by atoms with Crippen LogP contribution in [0.4, 0.5) is 0 Å². The summed E-state index contributed by atoms with van der Waals surface area (Å²) >= 11 is 0. The van der Waals surface area contributed by atoms with Gasteiger partial charge in [-0.1, -0.05) is 40.7 Å². The minimum atomic E-state index is 0.0656. The van der Waals surface area contributed by atoms with E-state index in [4.69, 9.17) is 9.26 Å². The number of methoxy groups -OCH3 is 1. The lowest BCUT2D eigenvalue weighted by Gasteiger charge is -2.36. The average Bonchev–Trinajstić information content (AvgIpc) is 3.57. The molecule has 1 aromatic carbocycles. The van der Waals surface area contributed by atoms with Crippen LogP contribution in [0.2, 0.25) is 0 Å². The smallest absolute Gasteiger partial charge is 0.223 e. The van der Waals surface area contributed by atoms with Gasteiger partial charge in [0.05, 0.1) is 24.5 Å². The Morgan fingerprint density at radius 1 is 1.16 bits per heavy atom. The molecule has 1 amide bonds. The monoisotopic (exact) mass is 421 g/mol. The molecular weight excluding hydrogens is 394 g/mol. The Morgan fingerprint density at radius 2 is 1.97 bits per heavy atom. The van der Waals surface area contributed by atoms with E-state index in [1.54, 1.807) is 13.3 Å². The van der Waals surface area contributed by atoms with E-state index in [1.807, 2.05) is 52.2 Å². The van der Waals surface area contributed by atoms with Gasteiger partial charge in [-0.3, -0.25) is 4.79 Å². The standard InChI is InChI=1S/C23H27N5O3/c1-30-22-12-18-14-27(23(29)8-7-19-9-10-24-31-19)13-17(18)11-21(22)28-15-20(25-26-28)16-5-3-2-4-6-16/h2-6,9-10,15,17-18,21-22H,7-8,11-14H2,1H3/t17-,18+,21-,22-/m1/s1. The van der Waals surface area contributed by atoms with Crippen LogP contribution < -0.4 is 0 Å². The van der Waals surface area contributed by atoms with E-state index in [2.05, 4.69) is 15.5 Å². The number of aryl methyl sites for hydroxylation is 1. The first kappa shape index (κ1) is 19.9. The van der Waals surface area contributed by atoms with Gasteiger partial charge in [-0.25, -0.2) is 4.68 Å². The lowest BCUT2D eigenvalue weighted by atomic mass is 9.77. The Balaban J connectivity index is 1.25. The molecule has 0 radical (unpaired) electrons. The molecule has 0 bridgehead atoms. The maximum absolute atomic E-state index is 12.8. The summed E-state index contributed by atoms with van der Waals surface area (Å²) in [4.78, 5) is 14.8. The Kier molecular flexibility index (Phi) is 5.55. The van der Waals surface area contributed by atoms with Crippen molar-refractivity contribution in [3.05, 3.63) is 54.6 Å². The molecule has 3 heterocycles. The lowest BCUT2D eigenvalue weighted by molar-refractivity contribution is -0.130. The molecule has 1 saturated heterocycles. The largest absolute Gasteiger partial charge is 0.379 e. The van der Waals surface area contributed by atoms with Gasteiger partial charge in [0, 0.05) is 44.7 Å². The molecule has 2 aromatic heterocycles. The van der Waals surface area contributed by atoms with Crippen LogP contribution in [0.25, 0.3) is 11.3 Å². The third kappa shape index (κ3) is 4.12. The molecule has 2 aliphatic rings. The van der Waals surface area contributed by atoms with Gasteiger partial charge >= 0.3 is 0 Å². The highest BCUT2D eigenvalue weighted by Gasteiger charge is 2.44. The second-order valence-electron chi connectivity index (χ2n) is 8.56. The van der Waals surface area contributed by atoms with Gasteiger partial charge in [-0.15, -0.1) is 5.10 Å². The molecular formula is C23H27N5O3. The quantitative estimate of drug-likeness (QED) is 0.608. The van der Waals surface area contributed by atoms with Gasteiger partial charge in [0.25, 0.3) is 0 Å². The van der Waals surface area contributed by atoms with Gasteiger partial charge in [0.1, 0.15) is 11.5 Å². The molecule has 162 valence electrons. The zero-order valence-electron chi connectivity index (χ0n) is 17.6. The number of amides is 1. The fourth-order valence-corrected chi connectivity index (χ4v) is 5.06. The number of hydrogen-bond donors (Lipinski definition) is 0. The summed E-state index contributed by atoms with van der Waals surface area (Å²) in [5, 5.41) is 12.5. The average molecular weight is 422 g/mol. The molecule has 5 rings (SSSR count). The van der Waals surface area contributed by atoms with Crippen molar-refractivity contribution >= 4 is 5.91 Å². The van der Waals surface area contributed by atoms with Crippen molar-refractivity contribution in [1.29, 1.82) is 0 Å². The Hall–Kier alpha value is -3.00. The van der Waals surface area contributed by atoms with E-state index in [1.165, 1.54) is 0 Å². The van der Waals surface area contributed by atoms with E-state index in [9.17, 15) is 4.79 Å². The van der Waals surface area contributed by atoms with Gasteiger partial charge in [0.15, 0.2) is 0 Å². The van der Waals surface area contributed by atoms with Crippen LogP contribution in [-0.2, 0) is 16.0 Å². The van der Waals surface area contributed by atoms with E-state index in [-0.39, 0.29) is 18.1 Å². The van der Waals surface area contributed by atoms with Gasteiger partial charge in [-0.2, -0.15) is 0 Å². The Labute approximate surface area is 181 Å². The number of ether oxygens (including phenoxy) is 1. The highest BCUT2D eigenvalue weighted by Crippen LogP contribution is 2.42. The number of rotatable bonds is 6. The summed E-state index contributed by atoms with van der Waals surface area (Å²) < 4.78 is 12.9. The maximum Gasteiger partial charge on any atom is 0.223 e. The first-order valence-corrected chi connectivity index (χ1v) is 10.9. The molecule has 0 N–H and O–H groups in total. The second kappa shape index (κ2) is 8.63. The first-order valence-electron chi connectivity index (χ1n) is 10.9. The van der Waals surface area contributed by atoms with Crippen molar-refractivity contribution in [3.63, 3.8) is 0 Å². The summed E-state index contributed by atoms with van der Waals surface area (Å²) in [5.74, 6) is 1.86. The van der Waals surface area contributed by atoms with Gasteiger partial charge in [0.2, 0.25) is 5.91 Å². The molecule has 8 nitrogen and oxygen atoms in total. The number of carbonyl (C=O) groups is 1. The zero-order chi connectivity index (χ0) is 21.2. The Morgan fingerprint density at radius 3 is 2.71 bits per heavy atom. The first-order chi connectivity index (χ1) is 15.2. The lowest BCUT2D eigenvalue weighted by Crippen LogP contribution is -2.37. The molecule has 0 spiro atoms. The molecule has 4 atom stereocenters. The highest BCUT2D eigenvalue weighted by molar-refractivity contribution is 5.76. The van der Waals surface area contributed by atoms with E-state index in [0.717, 1.165) is 42.9 Å². The van der Waals surface area contributed by atoms with Crippen LogP contribution in [0.3, 0.4) is 0 Å².